The lowest BCUT2D eigenvalue weighted by Crippen LogP contribution is -2.47. The number of likely N-dealkylation sites (tertiary alicyclic amines) is 1. The third-order valence-electron chi connectivity index (χ3n) is 4.34. The Hall–Kier alpha value is -2.39. The van der Waals surface area contributed by atoms with E-state index < -0.39 is 0 Å². The highest BCUT2D eigenvalue weighted by Crippen LogP contribution is 2.21. The second-order valence-electron chi connectivity index (χ2n) is 5.92. The fraction of sp³-hybridized carbons (Fsp3) is 0.500. The standard InChI is InChI=1S/C18H23N3O3/c1-3-24-18(23)15-7-9-21(10-8-15)13(2)17(22)20-16-6-4-5-14(11-16)12-19/h4-6,11,13,15H,3,7-10H2,1-2H3,(H,20,22)/t13-/m0/s1. The number of carbonyl (C=O) groups is 2. The van der Waals surface area contributed by atoms with E-state index in [1.807, 2.05) is 6.92 Å². The van der Waals surface area contributed by atoms with Crippen LogP contribution in [0.1, 0.15) is 32.3 Å². The Morgan fingerprint density at radius 1 is 1.42 bits per heavy atom. The summed E-state index contributed by atoms with van der Waals surface area (Å²) >= 11 is 0. The van der Waals surface area contributed by atoms with Crippen LogP contribution in [0.25, 0.3) is 0 Å². The minimum Gasteiger partial charge on any atom is -0.466 e. The van der Waals surface area contributed by atoms with E-state index in [1.54, 1.807) is 31.2 Å². The zero-order valence-corrected chi connectivity index (χ0v) is 14.1. The minimum atomic E-state index is -0.293. The molecule has 0 bridgehead atoms. The van der Waals surface area contributed by atoms with Crippen molar-refractivity contribution in [2.75, 3.05) is 25.0 Å². The first-order valence-electron chi connectivity index (χ1n) is 8.26. The van der Waals surface area contributed by atoms with Crippen molar-refractivity contribution >= 4 is 17.6 Å². The number of carbonyl (C=O) groups excluding carboxylic acids is 2. The molecule has 1 aliphatic rings. The first kappa shape index (κ1) is 18.0. The molecule has 0 unspecified atom stereocenters. The van der Waals surface area contributed by atoms with Crippen LogP contribution in [-0.2, 0) is 14.3 Å². The number of amides is 1. The van der Waals surface area contributed by atoms with Crippen LogP contribution < -0.4 is 5.32 Å². The summed E-state index contributed by atoms with van der Waals surface area (Å²) in [4.78, 5) is 26.2. The highest BCUT2D eigenvalue weighted by Gasteiger charge is 2.30. The van der Waals surface area contributed by atoms with Crippen LogP contribution in [0, 0.1) is 17.2 Å². The van der Waals surface area contributed by atoms with Crippen molar-refractivity contribution in [2.45, 2.75) is 32.7 Å². The molecule has 1 fully saturated rings. The Kier molecular flexibility index (Phi) is 6.33. The zero-order chi connectivity index (χ0) is 17.5. The molecule has 1 aromatic rings. The number of benzene rings is 1. The van der Waals surface area contributed by atoms with Crippen LogP contribution >= 0.6 is 0 Å². The van der Waals surface area contributed by atoms with Gasteiger partial charge in [-0.05, 0) is 58.0 Å². The maximum atomic E-state index is 12.4. The van der Waals surface area contributed by atoms with Crippen molar-refractivity contribution in [3.8, 4) is 6.07 Å². The van der Waals surface area contributed by atoms with Gasteiger partial charge in [-0.2, -0.15) is 5.26 Å². The van der Waals surface area contributed by atoms with Gasteiger partial charge < -0.3 is 10.1 Å². The third kappa shape index (κ3) is 4.56. The first-order valence-corrected chi connectivity index (χ1v) is 8.26. The number of ether oxygens (including phenoxy) is 1. The molecule has 0 radical (unpaired) electrons. The van der Waals surface area contributed by atoms with Crippen LogP contribution in [0.3, 0.4) is 0 Å². The molecule has 2 rings (SSSR count). The number of esters is 1. The van der Waals surface area contributed by atoms with Crippen molar-refractivity contribution in [2.24, 2.45) is 5.92 Å². The summed E-state index contributed by atoms with van der Waals surface area (Å²) in [6.45, 7) is 5.45. The molecule has 1 amide bonds. The van der Waals surface area contributed by atoms with Gasteiger partial charge >= 0.3 is 5.97 Å². The number of piperidine rings is 1. The molecule has 1 saturated heterocycles. The summed E-state index contributed by atoms with van der Waals surface area (Å²) < 4.78 is 5.06. The first-order chi connectivity index (χ1) is 11.5. The van der Waals surface area contributed by atoms with E-state index in [4.69, 9.17) is 10.00 Å². The van der Waals surface area contributed by atoms with Gasteiger partial charge in [-0.25, -0.2) is 0 Å². The van der Waals surface area contributed by atoms with Crippen molar-refractivity contribution in [3.05, 3.63) is 29.8 Å². The molecule has 128 valence electrons. The molecule has 1 heterocycles. The van der Waals surface area contributed by atoms with Gasteiger partial charge in [-0.1, -0.05) is 6.07 Å². The Bertz CT molecular complexity index is 631. The summed E-state index contributed by atoms with van der Waals surface area (Å²) in [5.41, 5.74) is 1.13. The SMILES string of the molecule is CCOC(=O)C1CCN([C@@H](C)C(=O)Nc2cccc(C#N)c2)CC1. The normalized spacial score (nSPS) is 16.9. The van der Waals surface area contributed by atoms with Gasteiger partial charge in [0.05, 0.1) is 30.2 Å². The average Bonchev–Trinajstić information content (AvgIpc) is 2.61. The van der Waals surface area contributed by atoms with Crippen LogP contribution in [0.4, 0.5) is 5.69 Å². The monoisotopic (exact) mass is 329 g/mol. The van der Waals surface area contributed by atoms with Crippen LogP contribution in [0.5, 0.6) is 0 Å². The Morgan fingerprint density at radius 3 is 2.75 bits per heavy atom. The van der Waals surface area contributed by atoms with E-state index >= 15 is 0 Å². The molecular weight excluding hydrogens is 306 g/mol. The number of nitrogens with one attached hydrogen (secondary N) is 1. The summed E-state index contributed by atoms with van der Waals surface area (Å²) in [5, 5.41) is 11.8. The second-order valence-corrected chi connectivity index (χ2v) is 5.92. The van der Waals surface area contributed by atoms with E-state index in [2.05, 4.69) is 16.3 Å². The lowest BCUT2D eigenvalue weighted by Gasteiger charge is -2.34. The number of anilines is 1. The molecule has 0 aliphatic carbocycles. The predicted molar refractivity (Wildman–Crippen MR) is 90.2 cm³/mol. The third-order valence-corrected chi connectivity index (χ3v) is 4.34. The molecular formula is C18H23N3O3. The van der Waals surface area contributed by atoms with Crippen molar-refractivity contribution < 1.29 is 14.3 Å². The van der Waals surface area contributed by atoms with Gasteiger partial charge in [0, 0.05) is 5.69 Å². The molecule has 6 nitrogen and oxygen atoms in total. The molecule has 1 aliphatic heterocycles. The quantitative estimate of drug-likeness (QED) is 0.837. The minimum absolute atomic E-state index is 0.0660. The maximum absolute atomic E-state index is 12.4. The van der Waals surface area contributed by atoms with Crippen molar-refractivity contribution in [1.82, 2.24) is 4.90 Å². The topological polar surface area (TPSA) is 82.4 Å². The molecule has 1 atom stereocenters. The van der Waals surface area contributed by atoms with E-state index in [0.29, 0.717) is 43.8 Å². The number of hydrogen-bond acceptors (Lipinski definition) is 5. The van der Waals surface area contributed by atoms with E-state index in [0.717, 1.165) is 0 Å². The van der Waals surface area contributed by atoms with Crippen LogP contribution in [0.2, 0.25) is 0 Å². The molecule has 1 N–H and O–H groups in total. The van der Waals surface area contributed by atoms with Crippen LogP contribution in [0.15, 0.2) is 24.3 Å². The van der Waals surface area contributed by atoms with E-state index in [-0.39, 0.29) is 23.8 Å². The van der Waals surface area contributed by atoms with Crippen molar-refractivity contribution in [3.63, 3.8) is 0 Å². The number of hydrogen-bond donors (Lipinski definition) is 1. The molecule has 24 heavy (non-hydrogen) atoms. The van der Waals surface area contributed by atoms with Crippen LogP contribution in [-0.4, -0.2) is 42.5 Å². The van der Waals surface area contributed by atoms with Gasteiger partial charge in [-0.3, -0.25) is 14.5 Å². The maximum Gasteiger partial charge on any atom is 0.309 e. The Morgan fingerprint density at radius 2 is 2.12 bits per heavy atom. The zero-order valence-electron chi connectivity index (χ0n) is 14.1. The van der Waals surface area contributed by atoms with Gasteiger partial charge in [0.15, 0.2) is 0 Å². The lowest BCUT2D eigenvalue weighted by atomic mass is 9.96. The van der Waals surface area contributed by atoms with Crippen molar-refractivity contribution in [1.29, 1.82) is 5.26 Å². The number of nitriles is 1. The van der Waals surface area contributed by atoms with Gasteiger partial charge in [-0.15, -0.1) is 0 Å². The fourth-order valence-corrected chi connectivity index (χ4v) is 2.86. The summed E-state index contributed by atoms with van der Waals surface area (Å²) in [6.07, 6.45) is 1.42. The molecule has 0 aromatic heterocycles. The highest BCUT2D eigenvalue weighted by molar-refractivity contribution is 5.94. The molecule has 0 spiro atoms. The van der Waals surface area contributed by atoms with E-state index in [1.165, 1.54) is 0 Å². The van der Waals surface area contributed by atoms with E-state index in [9.17, 15) is 9.59 Å². The molecule has 0 saturated carbocycles. The highest BCUT2D eigenvalue weighted by atomic mass is 16.5. The number of rotatable bonds is 5. The summed E-state index contributed by atoms with van der Waals surface area (Å²) in [7, 11) is 0. The average molecular weight is 329 g/mol. The largest absolute Gasteiger partial charge is 0.466 e. The van der Waals surface area contributed by atoms with Gasteiger partial charge in [0.25, 0.3) is 0 Å². The Balaban J connectivity index is 1.88. The Labute approximate surface area is 142 Å². The fourth-order valence-electron chi connectivity index (χ4n) is 2.86. The lowest BCUT2D eigenvalue weighted by molar-refractivity contribution is -0.149. The number of nitrogens with zero attached hydrogens (tertiary/aromatic N) is 2. The second kappa shape index (κ2) is 8.46. The van der Waals surface area contributed by atoms with Gasteiger partial charge in [0.2, 0.25) is 5.91 Å². The summed E-state index contributed by atoms with van der Waals surface area (Å²) in [6, 6.07) is 8.61. The summed E-state index contributed by atoms with van der Waals surface area (Å²) in [5.74, 6) is -0.314. The molecule has 6 heteroatoms. The predicted octanol–water partition coefficient (Wildman–Crippen LogP) is 2.16. The van der Waals surface area contributed by atoms with Gasteiger partial charge in [0.1, 0.15) is 0 Å². The smallest absolute Gasteiger partial charge is 0.309 e. The molecule has 1 aromatic carbocycles.